The number of nitro groups is 1. The van der Waals surface area contributed by atoms with Gasteiger partial charge in [0.15, 0.2) is 0 Å². The lowest BCUT2D eigenvalue weighted by Crippen LogP contribution is -2.46. The minimum atomic E-state index is -0.468. The zero-order chi connectivity index (χ0) is 15.6. The molecule has 0 bridgehead atoms. The van der Waals surface area contributed by atoms with Crippen molar-refractivity contribution in [1.82, 2.24) is 5.32 Å². The molecule has 0 aromatic heterocycles. The predicted octanol–water partition coefficient (Wildman–Crippen LogP) is 2.54. The first-order valence-corrected chi connectivity index (χ1v) is 7.11. The fourth-order valence-electron chi connectivity index (χ4n) is 2.70. The van der Waals surface area contributed by atoms with Gasteiger partial charge in [0.25, 0.3) is 5.69 Å². The van der Waals surface area contributed by atoms with E-state index in [1.807, 2.05) is 13.8 Å². The van der Waals surface area contributed by atoms with Gasteiger partial charge >= 0.3 is 0 Å². The van der Waals surface area contributed by atoms with Gasteiger partial charge in [-0.1, -0.05) is 0 Å². The number of amides is 1. The molecule has 1 aliphatic rings. The topological polar surface area (TPSA) is 84.3 Å². The molecule has 1 unspecified atom stereocenters. The van der Waals surface area contributed by atoms with Gasteiger partial charge in [-0.05, 0) is 51.8 Å². The molecule has 1 aliphatic heterocycles. The lowest BCUT2D eigenvalue weighted by Gasteiger charge is -2.32. The molecule has 1 aromatic rings. The van der Waals surface area contributed by atoms with E-state index in [4.69, 9.17) is 0 Å². The molecule has 0 aliphatic carbocycles. The number of hydrogen-bond acceptors (Lipinski definition) is 4. The summed E-state index contributed by atoms with van der Waals surface area (Å²) in [4.78, 5) is 23.1. The molecule has 2 rings (SSSR count). The Labute approximate surface area is 124 Å². The van der Waals surface area contributed by atoms with Crippen LogP contribution in [0.15, 0.2) is 12.1 Å². The van der Waals surface area contributed by atoms with Crippen LogP contribution in [0.3, 0.4) is 0 Å². The standard InChI is InChI=1S/C15H21N3O3/c1-10-7-11(2)13(18(20)21)8-12(10)17-14(19)15(3)5-4-6-16-9-15/h7-8,16H,4-6,9H2,1-3H3,(H,17,19). The predicted molar refractivity (Wildman–Crippen MR) is 81.4 cm³/mol. The highest BCUT2D eigenvalue weighted by Gasteiger charge is 2.35. The van der Waals surface area contributed by atoms with Crippen LogP contribution in [0, 0.1) is 29.4 Å². The molecule has 0 radical (unpaired) electrons. The number of nitro benzene ring substituents is 1. The maximum atomic E-state index is 12.5. The summed E-state index contributed by atoms with van der Waals surface area (Å²) in [6, 6.07) is 3.18. The van der Waals surface area contributed by atoms with Crippen molar-refractivity contribution in [3.05, 3.63) is 33.4 Å². The first-order chi connectivity index (χ1) is 9.83. The van der Waals surface area contributed by atoms with Gasteiger partial charge < -0.3 is 10.6 Å². The Morgan fingerprint density at radius 3 is 2.67 bits per heavy atom. The summed E-state index contributed by atoms with van der Waals surface area (Å²) in [6.07, 6.45) is 1.77. The van der Waals surface area contributed by atoms with Gasteiger partial charge in [-0.25, -0.2) is 0 Å². The maximum absolute atomic E-state index is 12.5. The number of nitrogens with zero attached hydrogens (tertiary/aromatic N) is 1. The second-order valence-electron chi connectivity index (χ2n) is 6.01. The van der Waals surface area contributed by atoms with Crippen molar-refractivity contribution >= 4 is 17.3 Å². The summed E-state index contributed by atoms with van der Waals surface area (Å²) in [6.45, 7) is 7.02. The van der Waals surface area contributed by atoms with Gasteiger partial charge in [0.2, 0.25) is 5.91 Å². The second kappa shape index (κ2) is 5.81. The molecule has 1 fully saturated rings. The summed E-state index contributed by atoms with van der Waals surface area (Å²) < 4.78 is 0. The van der Waals surface area contributed by atoms with E-state index in [1.54, 1.807) is 13.0 Å². The van der Waals surface area contributed by atoms with Gasteiger partial charge in [-0.3, -0.25) is 14.9 Å². The van der Waals surface area contributed by atoms with Crippen molar-refractivity contribution < 1.29 is 9.72 Å². The van der Waals surface area contributed by atoms with E-state index in [9.17, 15) is 14.9 Å². The molecular formula is C15H21N3O3. The van der Waals surface area contributed by atoms with Gasteiger partial charge in [-0.2, -0.15) is 0 Å². The lowest BCUT2D eigenvalue weighted by molar-refractivity contribution is -0.385. The van der Waals surface area contributed by atoms with E-state index in [2.05, 4.69) is 10.6 Å². The molecule has 114 valence electrons. The Bertz CT molecular complexity index is 578. The Kier molecular flexibility index (Phi) is 4.27. The first-order valence-electron chi connectivity index (χ1n) is 7.11. The number of anilines is 1. The number of piperidine rings is 1. The van der Waals surface area contributed by atoms with Crippen molar-refractivity contribution in [1.29, 1.82) is 0 Å². The van der Waals surface area contributed by atoms with E-state index < -0.39 is 10.3 Å². The van der Waals surface area contributed by atoms with E-state index >= 15 is 0 Å². The van der Waals surface area contributed by atoms with E-state index in [1.165, 1.54) is 6.07 Å². The van der Waals surface area contributed by atoms with Crippen LogP contribution in [-0.2, 0) is 4.79 Å². The Morgan fingerprint density at radius 2 is 2.10 bits per heavy atom. The smallest absolute Gasteiger partial charge is 0.274 e. The molecule has 0 saturated carbocycles. The third-order valence-corrected chi connectivity index (χ3v) is 4.13. The van der Waals surface area contributed by atoms with Crippen molar-refractivity contribution in [3.63, 3.8) is 0 Å². The lowest BCUT2D eigenvalue weighted by atomic mass is 9.82. The van der Waals surface area contributed by atoms with Crippen LogP contribution in [0.2, 0.25) is 0 Å². The van der Waals surface area contributed by atoms with Crippen molar-refractivity contribution in [2.24, 2.45) is 5.41 Å². The van der Waals surface area contributed by atoms with Crippen molar-refractivity contribution in [2.75, 3.05) is 18.4 Å². The quantitative estimate of drug-likeness (QED) is 0.662. The highest BCUT2D eigenvalue weighted by molar-refractivity contribution is 5.96. The van der Waals surface area contributed by atoms with Gasteiger partial charge in [0, 0.05) is 18.2 Å². The summed E-state index contributed by atoms with van der Waals surface area (Å²) in [7, 11) is 0. The zero-order valence-corrected chi connectivity index (χ0v) is 12.7. The SMILES string of the molecule is Cc1cc(C)c([N+](=O)[O-])cc1NC(=O)C1(C)CCCNC1. The molecule has 1 atom stereocenters. The number of nitrogens with one attached hydrogen (secondary N) is 2. The number of rotatable bonds is 3. The van der Waals surface area contributed by atoms with Crippen LogP contribution in [-0.4, -0.2) is 23.9 Å². The highest BCUT2D eigenvalue weighted by Crippen LogP contribution is 2.30. The molecule has 21 heavy (non-hydrogen) atoms. The molecule has 6 heteroatoms. The first kappa shape index (κ1) is 15.4. The number of benzene rings is 1. The number of hydrogen-bond donors (Lipinski definition) is 2. The van der Waals surface area contributed by atoms with Crippen LogP contribution in [0.4, 0.5) is 11.4 Å². The van der Waals surface area contributed by atoms with Crippen LogP contribution in [0.1, 0.15) is 30.9 Å². The third-order valence-electron chi connectivity index (χ3n) is 4.13. The molecule has 1 amide bonds. The highest BCUT2D eigenvalue weighted by atomic mass is 16.6. The van der Waals surface area contributed by atoms with Crippen molar-refractivity contribution in [3.8, 4) is 0 Å². The minimum absolute atomic E-state index is 0.0304. The molecule has 2 N–H and O–H groups in total. The number of carbonyl (C=O) groups excluding carboxylic acids is 1. The zero-order valence-electron chi connectivity index (χ0n) is 12.7. The Hall–Kier alpha value is -1.95. The van der Waals surface area contributed by atoms with Crippen LogP contribution >= 0.6 is 0 Å². The largest absolute Gasteiger partial charge is 0.325 e. The van der Waals surface area contributed by atoms with Crippen LogP contribution in [0.5, 0.6) is 0 Å². The van der Waals surface area contributed by atoms with Crippen LogP contribution < -0.4 is 10.6 Å². The maximum Gasteiger partial charge on any atom is 0.274 e. The monoisotopic (exact) mass is 291 g/mol. The van der Waals surface area contributed by atoms with Gasteiger partial charge in [0.1, 0.15) is 0 Å². The average Bonchev–Trinajstić information content (AvgIpc) is 2.42. The van der Waals surface area contributed by atoms with Crippen molar-refractivity contribution in [2.45, 2.75) is 33.6 Å². The molecule has 1 aromatic carbocycles. The Morgan fingerprint density at radius 1 is 1.38 bits per heavy atom. The fraction of sp³-hybridized carbons (Fsp3) is 0.533. The fourth-order valence-corrected chi connectivity index (χ4v) is 2.70. The Balaban J connectivity index is 2.24. The average molecular weight is 291 g/mol. The second-order valence-corrected chi connectivity index (χ2v) is 6.01. The summed E-state index contributed by atoms with van der Waals surface area (Å²) >= 11 is 0. The molecule has 1 saturated heterocycles. The summed E-state index contributed by atoms with van der Waals surface area (Å²) in [5.74, 6) is -0.0871. The number of aryl methyl sites for hydroxylation is 2. The summed E-state index contributed by atoms with van der Waals surface area (Å²) in [5, 5.41) is 17.1. The summed E-state index contributed by atoms with van der Waals surface area (Å²) in [5.41, 5.74) is 1.51. The van der Waals surface area contributed by atoms with E-state index in [-0.39, 0.29) is 11.6 Å². The van der Waals surface area contributed by atoms with E-state index in [0.29, 0.717) is 17.8 Å². The van der Waals surface area contributed by atoms with Crippen LogP contribution in [0.25, 0.3) is 0 Å². The van der Waals surface area contributed by atoms with E-state index in [0.717, 1.165) is 24.9 Å². The van der Waals surface area contributed by atoms with Gasteiger partial charge in [0.05, 0.1) is 16.0 Å². The number of carbonyl (C=O) groups is 1. The molecule has 6 nitrogen and oxygen atoms in total. The third kappa shape index (κ3) is 3.21. The molecule has 1 heterocycles. The molecular weight excluding hydrogens is 270 g/mol. The minimum Gasteiger partial charge on any atom is -0.325 e. The normalized spacial score (nSPS) is 21.9. The molecule has 0 spiro atoms. The van der Waals surface area contributed by atoms with Gasteiger partial charge in [-0.15, -0.1) is 0 Å².